The fourth-order valence-electron chi connectivity index (χ4n) is 3.30. The van der Waals surface area contributed by atoms with E-state index in [1.165, 1.54) is 14.0 Å². The van der Waals surface area contributed by atoms with E-state index in [0.29, 0.717) is 0 Å². The van der Waals surface area contributed by atoms with Crippen molar-refractivity contribution < 1.29 is 9.90 Å². The minimum Gasteiger partial charge on any atom is -0.476 e. The van der Waals surface area contributed by atoms with Gasteiger partial charge in [0.25, 0.3) is 0 Å². The van der Waals surface area contributed by atoms with Gasteiger partial charge in [-0.3, -0.25) is 0 Å². The zero-order valence-electron chi connectivity index (χ0n) is 20.0. The van der Waals surface area contributed by atoms with Crippen LogP contribution in [0, 0.1) is 0 Å². The third-order valence-electron chi connectivity index (χ3n) is 5.32. The van der Waals surface area contributed by atoms with E-state index < -0.39 is 11.8 Å². The molecule has 0 unspecified atom stereocenters. The second-order valence-corrected chi connectivity index (χ2v) is 11.1. The van der Waals surface area contributed by atoms with Gasteiger partial charge in [0.1, 0.15) is 0 Å². The van der Waals surface area contributed by atoms with Crippen LogP contribution in [0.15, 0.2) is 36.8 Å². The zero-order valence-corrected chi connectivity index (χ0v) is 20.0. The average Bonchev–Trinajstić information content (AvgIpc) is 3.35. The van der Waals surface area contributed by atoms with Gasteiger partial charge in [-0.1, -0.05) is 62.3 Å². The van der Waals surface area contributed by atoms with Crippen molar-refractivity contribution in [1.29, 1.82) is 0 Å². The highest BCUT2D eigenvalue weighted by Crippen LogP contribution is 2.29. The van der Waals surface area contributed by atoms with Gasteiger partial charge >= 0.3 is 11.8 Å². The largest absolute Gasteiger partial charge is 0.476 e. The van der Waals surface area contributed by atoms with Crippen LogP contribution in [0.2, 0.25) is 0 Å². The molecule has 0 atom stereocenters. The lowest BCUT2D eigenvalue weighted by Gasteiger charge is -2.31. The molecule has 0 aliphatic carbocycles. The Morgan fingerprint density at radius 3 is 1.06 bits per heavy atom. The number of aliphatic carboxylic acids is 1. The van der Waals surface area contributed by atoms with E-state index in [1.807, 2.05) is 80.5 Å². The molecule has 1 N–H and O–H groups in total. The van der Waals surface area contributed by atoms with Gasteiger partial charge in [-0.25, -0.2) is 18.8 Å². The van der Waals surface area contributed by atoms with Gasteiger partial charge in [-0.2, -0.15) is 15.3 Å². The SMILES string of the molecule is CC(C)(C)c1ccn(C(C(=O)O)(n2ccc(C(C)(C)C)n2)n2ccc(C(C)(C)C)n2)n1. The first-order chi connectivity index (χ1) is 14.1. The number of hydrogen-bond acceptors (Lipinski definition) is 4. The van der Waals surface area contributed by atoms with Crippen LogP contribution in [0.4, 0.5) is 0 Å². The predicted octanol–water partition coefficient (Wildman–Crippen LogP) is 3.96. The molecule has 8 nitrogen and oxygen atoms in total. The third-order valence-corrected chi connectivity index (χ3v) is 5.32. The lowest BCUT2D eigenvalue weighted by atomic mass is 9.93. The Hall–Kier alpha value is -2.90. The highest BCUT2D eigenvalue weighted by Gasteiger charge is 2.49. The molecule has 0 saturated carbocycles. The summed E-state index contributed by atoms with van der Waals surface area (Å²) in [4.78, 5) is 13.0. The molecular formula is C23H34N6O2. The lowest BCUT2D eigenvalue weighted by molar-refractivity contribution is -0.154. The first-order valence-electron chi connectivity index (χ1n) is 10.5. The summed E-state index contributed by atoms with van der Waals surface area (Å²) in [5.41, 5.74) is 1.63. The van der Waals surface area contributed by atoms with Crippen molar-refractivity contribution in [3.05, 3.63) is 53.9 Å². The quantitative estimate of drug-likeness (QED) is 0.682. The molecule has 31 heavy (non-hydrogen) atoms. The van der Waals surface area contributed by atoms with E-state index in [1.54, 1.807) is 18.6 Å². The minimum atomic E-state index is -1.82. The molecule has 0 fully saturated rings. The Kier molecular flexibility index (Phi) is 5.19. The Morgan fingerprint density at radius 2 is 0.903 bits per heavy atom. The molecule has 0 aromatic carbocycles. The minimum absolute atomic E-state index is 0.239. The highest BCUT2D eigenvalue weighted by molar-refractivity contribution is 5.76. The molecule has 168 valence electrons. The van der Waals surface area contributed by atoms with Crippen molar-refractivity contribution in [3.63, 3.8) is 0 Å². The van der Waals surface area contributed by atoms with Crippen LogP contribution in [0.25, 0.3) is 0 Å². The molecule has 3 heterocycles. The fourth-order valence-corrected chi connectivity index (χ4v) is 3.30. The smallest absolute Gasteiger partial charge is 0.379 e. The van der Waals surface area contributed by atoms with E-state index in [0.717, 1.165) is 17.1 Å². The van der Waals surface area contributed by atoms with Gasteiger partial charge < -0.3 is 5.11 Å². The van der Waals surface area contributed by atoms with E-state index >= 15 is 0 Å². The monoisotopic (exact) mass is 426 g/mol. The fraction of sp³-hybridized carbons (Fsp3) is 0.565. The molecule has 0 aliphatic rings. The second-order valence-electron chi connectivity index (χ2n) is 11.1. The number of carboxylic acid groups (broad SMARTS) is 1. The molecule has 3 aromatic rings. The molecule has 0 bridgehead atoms. The van der Waals surface area contributed by atoms with Gasteiger partial charge in [0.2, 0.25) is 0 Å². The van der Waals surface area contributed by atoms with Gasteiger partial charge in [-0.15, -0.1) is 0 Å². The van der Waals surface area contributed by atoms with Gasteiger partial charge in [0, 0.05) is 34.8 Å². The van der Waals surface area contributed by atoms with Crippen molar-refractivity contribution in [2.24, 2.45) is 0 Å². The van der Waals surface area contributed by atoms with Gasteiger partial charge in [0.05, 0.1) is 17.1 Å². The summed E-state index contributed by atoms with van der Waals surface area (Å²) < 4.78 is 4.32. The molecular weight excluding hydrogens is 392 g/mol. The van der Waals surface area contributed by atoms with Crippen LogP contribution >= 0.6 is 0 Å². The van der Waals surface area contributed by atoms with E-state index in [-0.39, 0.29) is 16.2 Å². The maximum absolute atomic E-state index is 13.0. The normalized spacial score (nSPS) is 13.6. The standard InChI is InChI=1S/C23H34N6O2/c1-20(2,3)16-10-13-27(24-16)23(19(30)31,28-14-11-17(25-28)21(4,5)6)29-15-12-18(26-29)22(7,8)9/h10-15H,1-9H3,(H,30,31). The first kappa shape index (κ1) is 22.8. The Bertz CT molecular complexity index is 955. The number of carbonyl (C=O) groups is 1. The first-order valence-corrected chi connectivity index (χ1v) is 10.5. The Morgan fingerprint density at radius 1 is 0.645 bits per heavy atom. The van der Waals surface area contributed by atoms with Crippen LogP contribution in [-0.2, 0) is 26.8 Å². The summed E-state index contributed by atoms with van der Waals surface area (Å²) >= 11 is 0. The predicted molar refractivity (Wildman–Crippen MR) is 119 cm³/mol. The molecule has 3 rings (SSSR count). The maximum Gasteiger partial charge on any atom is 0.379 e. The molecule has 0 spiro atoms. The van der Waals surface area contributed by atoms with Gasteiger partial charge in [-0.05, 0) is 18.2 Å². The van der Waals surface area contributed by atoms with Gasteiger partial charge in [0.15, 0.2) is 0 Å². The Balaban J connectivity index is 2.33. The topological polar surface area (TPSA) is 90.8 Å². The molecule has 8 heteroatoms. The number of rotatable bonds is 4. The van der Waals surface area contributed by atoms with E-state index in [9.17, 15) is 9.90 Å². The molecule has 0 amide bonds. The maximum atomic E-state index is 13.0. The van der Waals surface area contributed by atoms with Crippen LogP contribution in [0.5, 0.6) is 0 Å². The highest BCUT2D eigenvalue weighted by atomic mass is 16.4. The third kappa shape index (κ3) is 3.91. The van der Waals surface area contributed by atoms with Crippen LogP contribution in [-0.4, -0.2) is 40.4 Å². The van der Waals surface area contributed by atoms with Crippen LogP contribution in [0.1, 0.15) is 79.4 Å². The number of carboxylic acids is 1. The number of aromatic nitrogens is 6. The van der Waals surface area contributed by atoms with E-state index in [2.05, 4.69) is 15.3 Å². The van der Waals surface area contributed by atoms with Crippen molar-refractivity contribution in [1.82, 2.24) is 29.3 Å². The molecule has 0 aliphatic heterocycles. The van der Waals surface area contributed by atoms with E-state index in [4.69, 9.17) is 0 Å². The van der Waals surface area contributed by atoms with Crippen molar-refractivity contribution in [3.8, 4) is 0 Å². The van der Waals surface area contributed by atoms with Crippen molar-refractivity contribution >= 4 is 5.97 Å². The zero-order chi connectivity index (χ0) is 23.4. The second kappa shape index (κ2) is 7.07. The lowest BCUT2D eigenvalue weighted by Crippen LogP contribution is -2.55. The summed E-state index contributed by atoms with van der Waals surface area (Å²) in [5.74, 6) is -2.96. The van der Waals surface area contributed by atoms with Crippen LogP contribution < -0.4 is 0 Å². The summed E-state index contributed by atoms with van der Waals surface area (Å²) in [7, 11) is 0. The summed E-state index contributed by atoms with van der Waals surface area (Å²) in [5, 5.41) is 24.7. The average molecular weight is 427 g/mol. The van der Waals surface area contributed by atoms with Crippen molar-refractivity contribution in [2.75, 3.05) is 0 Å². The molecule has 0 radical (unpaired) electrons. The summed E-state index contributed by atoms with van der Waals surface area (Å²) in [6.07, 6.45) is 5.06. The summed E-state index contributed by atoms with van der Waals surface area (Å²) in [6, 6.07) is 5.54. The Labute approximate surface area is 183 Å². The van der Waals surface area contributed by atoms with Crippen LogP contribution in [0.3, 0.4) is 0 Å². The molecule has 0 saturated heterocycles. The number of hydrogen-bond donors (Lipinski definition) is 1. The number of nitrogens with zero attached hydrogens (tertiary/aromatic N) is 6. The summed E-state index contributed by atoms with van der Waals surface area (Å²) in [6.45, 7) is 18.4. The van der Waals surface area contributed by atoms with Crippen molar-refractivity contribution in [2.45, 2.75) is 84.3 Å². The molecule has 3 aromatic heterocycles.